The SMILES string of the molecule is O=C(OCc1ccccc1C(F)(F)F)c1ccc(N2C(=O)CCC2=O)cc1. The topological polar surface area (TPSA) is 63.7 Å². The van der Waals surface area contributed by atoms with Crippen LogP contribution in [0.3, 0.4) is 0 Å². The van der Waals surface area contributed by atoms with Gasteiger partial charge in [-0.3, -0.25) is 14.5 Å². The molecule has 0 aliphatic carbocycles. The van der Waals surface area contributed by atoms with Crippen LogP contribution in [0.25, 0.3) is 0 Å². The lowest BCUT2D eigenvalue weighted by molar-refractivity contribution is -0.138. The van der Waals surface area contributed by atoms with E-state index in [-0.39, 0.29) is 35.8 Å². The zero-order valence-electron chi connectivity index (χ0n) is 14.0. The molecule has 2 aromatic carbocycles. The van der Waals surface area contributed by atoms with E-state index >= 15 is 0 Å². The van der Waals surface area contributed by atoms with Crippen LogP contribution >= 0.6 is 0 Å². The van der Waals surface area contributed by atoms with Crippen molar-refractivity contribution < 1.29 is 32.3 Å². The maximum absolute atomic E-state index is 13.0. The van der Waals surface area contributed by atoms with Crippen LogP contribution in [0.4, 0.5) is 18.9 Å². The fraction of sp³-hybridized carbons (Fsp3) is 0.211. The number of amides is 2. The van der Waals surface area contributed by atoms with Crippen LogP contribution in [0.15, 0.2) is 48.5 Å². The number of nitrogens with zero attached hydrogens (tertiary/aromatic N) is 1. The van der Waals surface area contributed by atoms with E-state index in [1.807, 2.05) is 0 Å². The highest BCUT2D eigenvalue weighted by molar-refractivity contribution is 6.19. The lowest BCUT2D eigenvalue weighted by Gasteiger charge is -2.14. The quantitative estimate of drug-likeness (QED) is 0.602. The lowest BCUT2D eigenvalue weighted by atomic mass is 10.1. The number of hydrogen-bond donors (Lipinski definition) is 0. The van der Waals surface area contributed by atoms with Crippen LogP contribution in [-0.4, -0.2) is 17.8 Å². The van der Waals surface area contributed by atoms with Gasteiger partial charge in [-0.1, -0.05) is 18.2 Å². The van der Waals surface area contributed by atoms with E-state index < -0.39 is 24.3 Å². The number of halogens is 3. The first-order valence-corrected chi connectivity index (χ1v) is 8.05. The molecule has 0 bridgehead atoms. The monoisotopic (exact) mass is 377 g/mol. The Bertz CT molecular complexity index is 875. The van der Waals surface area contributed by atoms with Crippen molar-refractivity contribution in [1.82, 2.24) is 0 Å². The van der Waals surface area contributed by atoms with Crippen LogP contribution in [0.2, 0.25) is 0 Å². The van der Waals surface area contributed by atoms with Crippen molar-refractivity contribution in [2.75, 3.05) is 4.90 Å². The van der Waals surface area contributed by atoms with E-state index in [1.165, 1.54) is 42.5 Å². The van der Waals surface area contributed by atoms with Gasteiger partial charge in [0.1, 0.15) is 6.61 Å². The molecule has 140 valence electrons. The molecule has 1 heterocycles. The first kappa shape index (κ1) is 18.6. The number of carbonyl (C=O) groups is 3. The molecule has 0 atom stereocenters. The summed E-state index contributed by atoms with van der Waals surface area (Å²) in [7, 11) is 0. The highest BCUT2D eigenvalue weighted by Crippen LogP contribution is 2.32. The highest BCUT2D eigenvalue weighted by Gasteiger charge is 2.33. The van der Waals surface area contributed by atoms with Crippen molar-refractivity contribution in [1.29, 1.82) is 0 Å². The summed E-state index contributed by atoms with van der Waals surface area (Å²) < 4.78 is 43.8. The van der Waals surface area contributed by atoms with Gasteiger partial charge in [0.2, 0.25) is 11.8 Å². The van der Waals surface area contributed by atoms with Gasteiger partial charge in [0.05, 0.1) is 16.8 Å². The van der Waals surface area contributed by atoms with E-state index in [0.29, 0.717) is 5.69 Å². The predicted molar refractivity (Wildman–Crippen MR) is 88.7 cm³/mol. The molecule has 0 saturated carbocycles. The molecule has 0 radical (unpaired) electrons. The van der Waals surface area contributed by atoms with Crippen LogP contribution in [0.5, 0.6) is 0 Å². The number of rotatable bonds is 4. The van der Waals surface area contributed by atoms with Crippen molar-refractivity contribution in [2.45, 2.75) is 25.6 Å². The molecule has 1 saturated heterocycles. The summed E-state index contributed by atoms with van der Waals surface area (Å²) in [5, 5.41) is 0. The molecule has 5 nitrogen and oxygen atoms in total. The molecule has 1 aliphatic heterocycles. The summed E-state index contributed by atoms with van der Waals surface area (Å²) in [6.45, 7) is -0.528. The maximum Gasteiger partial charge on any atom is 0.416 e. The Morgan fingerprint density at radius 1 is 0.963 bits per heavy atom. The Labute approximate surface area is 152 Å². The first-order chi connectivity index (χ1) is 12.8. The number of esters is 1. The van der Waals surface area contributed by atoms with Crippen molar-refractivity contribution in [3.05, 3.63) is 65.2 Å². The Hall–Kier alpha value is -3.16. The van der Waals surface area contributed by atoms with Gasteiger partial charge in [-0.15, -0.1) is 0 Å². The van der Waals surface area contributed by atoms with Gasteiger partial charge < -0.3 is 4.74 Å². The minimum absolute atomic E-state index is 0.0994. The summed E-state index contributed by atoms with van der Waals surface area (Å²) in [6.07, 6.45) is -4.26. The zero-order chi connectivity index (χ0) is 19.6. The van der Waals surface area contributed by atoms with E-state index in [2.05, 4.69) is 0 Å². The van der Waals surface area contributed by atoms with Gasteiger partial charge in [-0.05, 0) is 30.3 Å². The fourth-order valence-corrected chi connectivity index (χ4v) is 2.76. The third-order valence-corrected chi connectivity index (χ3v) is 4.09. The Kier molecular flexibility index (Phi) is 4.98. The van der Waals surface area contributed by atoms with Crippen molar-refractivity contribution in [3.63, 3.8) is 0 Å². The Morgan fingerprint density at radius 2 is 1.56 bits per heavy atom. The summed E-state index contributed by atoms with van der Waals surface area (Å²) in [4.78, 5) is 36.5. The lowest BCUT2D eigenvalue weighted by Crippen LogP contribution is -2.28. The van der Waals surface area contributed by atoms with Crippen LogP contribution in [0, 0.1) is 0 Å². The van der Waals surface area contributed by atoms with Crippen molar-refractivity contribution in [3.8, 4) is 0 Å². The third kappa shape index (κ3) is 3.99. The largest absolute Gasteiger partial charge is 0.457 e. The smallest absolute Gasteiger partial charge is 0.416 e. The summed E-state index contributed by atoms with van der Waals surface area (Å²) in [6, 6.07) is 10.4. The minimum Gasteiger partial charge on any atom is -0.457 e. The molecule has 1 aliphatic rings. The molecule has 0 aromatic heterocycles. The maximum atomic E-state index is 13.0. The Morgan fingerprint density at radius 3 is 2.15 bits per heavy atom. The van der Waals surface area contributed by atoms with Crippen molar-refractivity contribution in [2.24, 2.45) is 0 Å². The van der Waals surface area contributed by atoms with E-state index in [1.54, 1.807) is 0 Å². The number of ether oxygens (including phenoxy) is 1. The normalized spacial score (nSPS) is 14.6. The van der Waals surface area contributed by atoms with Gasteiger partial charge in [-0.2, -0.15) is 13.2 Å². The minimum atomic E-state index is -4.54. The number of benzene rings is 2. The number of alkyl halides is 3. The van der Waals surface area contributed by atoms with E-state index in [9.17, 15) is 27.6 Å². The average molecular weight is 377 g/mol. The van der Waals surface area contributed by atoms with Gasteiger partial charge in [0.15, 0.2) is 0 Å². The second-order valence-electron chi connectivity index (χ2n) is 5.90. The highest BCUT2D eigenvalue weighted by atomic mass is 19.4. The molecule has 3 rings (SSSR count). The molecule has 8 heteroatoms. The van der Waals surface area contributed by atoms with Gasteiger partial charge >= 0.3 is 12.1 Å². The van der Waals surface area contributed by atoms with Crippen LogP contribution in [0.1, 0.15) is 34.3 Å². The molecular weight excluding hydrogens is 363 g/mol. The van der Waals surface area contributed by atoms with Gasteiger partial charge in [-0.25, -0.2) is 4.79 Å². The Balaban J connectivity index is 1.69. The van der Waals surface area contributed by atoms with E-state index in [4.69, 9.17) is 4.74 Å². The summed E-state index contributed by atoms with van der Waals surface area (Å²) >= 11 is 0. The van der Waals surface area contributed by atoms with Gasteiger partial charge in [0, 0.05) is 18.4 Å². The number of hydrogen-bond acceptors (Lipinski definition) is 4. The first-order valence-electron chi connectivity index (χ1n) is 8.05. The number of imide groups is 1. The number of carbonyl (C=O) groups excluding carboxylic acids is 3. The third-order valence-electron chi connectivity index (χ3n) is 4.09. The molecular formula is C19H14F3NO4. The fourth-order valence-electron chi connectivity index (χ4n) is 2.76. The van der Waals surface area contributed by atoms with Crippen molar-refractivity contribution >= 4 is 23.5 Å². The van der Waals surface area contributed by atoms with Gasteiger partial charge in [0.25, 0.3) is 0 Å². The van der Waals surface area contributed by atoms with Crippen LogP contribution < -0.4 is 4.90 Å². The standard InChI is InChI=1S/C19H14F3NO4/c20-19(21,22)15-4-2-1-3-13(15)11-27-18(26)12-5-7-14(8-6-12)23-16(24)9-10-17(23)25/h1-8H,9-11H2. The van der Waals surface area contributed by atoms with Crippen LogP contribution in [-0.2, 0) is 27.1 Å². The summed E-state index contributed by atoms with van der Waals surface area (Å²) in [5.74, 6) is -1.45. The molecule has 0 N–H and O–H groups in total. The second kappa shape index (κ2) is 7.22. The molecule has 0 unspecified atom stereocenters. The van der Waals surface area contributed by atoms with E-state index in [0.717, 1.165) is 11.0 Å². The number of anilines is 1. The summed E-state index contributed by atoms with van der Waals surface area (Å²) in [5.41, 5.74) is -0.578. The zero-order valence-corrected chi connectivity index (χ0v) is 14.0. The second-order valence-corrected chi connectivity index (χ2v) is 5.90. The molecule has 2 amide bonds. The average Bonchev–Trinajstić information content (AvgIpc) is 2.98. The molecule has 2 aromatic rings. The predicted octanol–water partition coefficient (Wildman–Crippen LogP) is 3.72. The molecule has 27 heavy (non-hydrogen) atoms. The molecule has 0 spiro atoms. The molecule has 1 fully saturated rings.